The highest BCUT2D eigenvalue weighted by Gasteiger charge is 2.39. The van der Waals surface area contributed by atoms with Crippen LogP contribution >= 0.6 is 0 Å². The van der Waals surface area contributed by atoms with E-state index < -0.39 is 32.9 Å². The van der Waals surface area contributed by atoms with Gasteiger partial charge in [0.2, 0.25) is 11.9 Å². The molecule has 0 saturated carbocycles. The number of halogens is 2. The number of aromatic amines is 1. The average Bonchev–Trinajstić information content (AvgIpc) is 3.30. The summed E-state index contributed by atoms with van der Waals surface area (Å²) >= 11 is 0. The molecule has 0 bridgehead atoms. The first-order chi connectivity index (χ1) is 18.7. The molecule has 4 aromatic rings. The number of hydrogen-bond donors (Lipinski definition) is 3. The summed E-state index contributed by atoms with van der Waals surface area (Å²) in [6.07, 6.45) is 3.76. The van der Waals surface area contributed by atoms with Crippen molar-refractivity contribution in [2.45, 2.75) is 50.5 Å². The summed E-state index contributed by atoms with van der Waals surface area (Å²) < 4.78 is 52.5. The zero-order valence-corrected chi connectivity index (χ0v) is 23.2. The van der Waals surface area contributed by atoms with Gasteiger partial charge < -0.3 is 11.1 Å². The summed E-state index contributed by atoms with van der Waals surface area (Å²) in [5, 5.41) is 10.0. The molecular formula is C27H29F2N7O3S. The number of hydrogen-bond acceptors (Lipinski definition) is 8. The average molecular weight is 570 g/mol. The standard InChI is InChI=1S/C27H29F2N7O3S/c1-27(2,3)36-24-17(8-5-15(25(36)37)11-14-6-9-19(28)22-18(14)13-31-35-22)23(30)33-26(34-24)32-21-10-7-16(12-20(21)29)40(4,38)39/h6-7,9-10,12-13,15H,5,8,11H2,1-4H3,(H,31,35)(H3,30,32,33,34). The van der Waals surface area contributed by atoms with E-state index in [1.807, 2.05) is 20.8 Å². The summed E-state index contributed by atoms with van der Waals surface area (Å²) in [5.41, 5.74) is 7.27. The quantitative estimate of drug-likeness (QED) is 0.322. The minimum Gasteiger partial charge on any atom is -0.383 e. The van der Waals surface area contributed by atoms with E-state index in [-0.39, 0.29) is 33.8 Å². The predicted molar refractivity (Wildman–Crippen MR) is 148 cm³/mol. The maximum absolute atomic E-state index is 14.8. The van der Waals surface area contributed by atoms with Gasteiger partial charge in [0, 0.05) is 28.7 Å². The molecule has 0 radical (unpaired) electrons. The second kappa shape index (κ2) is 9.81. The fourth-order valence-electron chi connectivity index (χ4n) is 4.99. The largest absolute Gasteiger partial charge is 0.383 e. The molecule has 40 heavy (non-hydrogen) atoms. The molecule has 1 aliphatic heterocycles. The normalized spacial score (nSPS) is 16.2. The van der Waals surface area contributed by atoms with Crippen LogP contribution in [0.15, 0.2) is 41.4 Å². The molecule has 5 rings (SSSR count). The maximum atomic E-state index is 14.8. The Labute approximate surface area is 229 Å². The molecule has 2 aromatic heterocycles. The van der Waals surface area contributed by atoms with Crippen LogP contribution in [0.25, 0.3) is 10.9 Å². The van der Waals surface area contributed by atoms with E-state index in [2.05, 4.69) is 25.5 Å². The van der Waals surface area contributed by atoms with E-state index in [1.165, 1.54) is 18.2 Å². The Morgan fingerprint density at radius 2 is 1.90 bits per heavy atom. The van der Waals surface area contributed by atoms with Crippen molar-refractivity contribution in [3.63, 3.8) is 0 Å². The SMILES string of the molecule is CC(C)(C)N1C(=O)C(Cc2ccc(F)c3[nH]ncc23)CCc2c(N)nc(Nc3ccc(S(C)(=O)=O)cc3F)nc21. The summed E-state index contributed by atoms with van der Waals surface area (Å²) in [4.78, 5) is 24.4. The molecule has 1 aliphatic rings. The van der Waals surface area contributed by atoms with Gasteiger partial charge in [-0.1, -0.05) is 6.07 Å². The number of aromatic nitrogens is 4. The second-order valence-electron chi connectivity index (χ2n) is 10.9. The highest BCUT2D eigenvalue weighted by atomic mass is 32.2. The second-order valence-corrected chi connectivity index (χ2v) is 12.9. The van der Waals surface area contributed by atoms with Gasteiger partial charge in [-0.3, -0.25) is 14.8 Å². The van der Waals surface area contributed by atoms with Gasteiger partial charge in [-0.2, -0.15) is 15.1 Å². The fraction of sp³-hybridized carbons (Fsp3) is 0.333. The zero-order valence-electron chi connectivity index (χ0n) is 22.4. The number of nitrogens with two attached hydrogens (primary N) is 1. The van der Waals surface area contributed by atoms with Crippen LogP contribution in [-0.4, -0.2) is 46.3 Å². The molecule has 0 fully saturated rings. The Balaban J connectivity index is 1.51. The molecule has 0 saturated heterocycles. The van der Waals surface area contributed by atoms with E-state index in [9.17, 15) is 22.0 Å². The lowest BCUT2D eigenvalue weighted by atomic mass is 9.91. The Bertz CT molecular complexity index is 1750. The van der Waals surface area contributed by atoms with Crippen LogP contribution < -0.4 is 16.0 Å². The molecule has 1 amide bonds. The molecule has 10 nitrogen and oxygen atoms in total. The number of carbonyl (C=O) groups excluding carboxylic acids is 1. The molecule has 2 aromatic carbocycles. The Morgan fingerprint density at radius 1 is 1.15 bits per heavy atom. The molecule has 4 N–H and O–H groups in total. The first-order valence-electron chi connectivity index (χ1n) is 12.6. The number of amides is 1. The maximum Gasteiger partial charge on any atom is 0.232 e. The third-order valence-corrected chi connectivity index (χ3v) is 8.06. The van der Waals surface area contributed by atoms with Crippen LogP contribution in [0.3, 0.4) is 0 Å². The highest BCUT2D eigenvalue weighted by molar-refractivity contribution is 7.90. The number of nitrogens with one attached hydrogen (secondary N) is 2. The minimum absolute atomic E-state index is 0.0404. The monoisotopic (exact) mass is 569 g/mol. The lowest BCUT2D eigenvalue weighted by Crippen LogP contribution is -2.49. The summed E-state index contributed by atoms with van der Waals surface area (Å²) in [6, 6.07) is 6.48. The van der Waals surface area contributed by atoms with Gasteiger partial charge in [0.1, 0.15) is 28.8 Å². The fourth-order valence-corrected chi connectivity index (χ4v) is 5.62. The topological polar surface area (TPSA) is 147 Å². The molecule has 210 valence electrons. The first kappa shape index (κ1) is 27.4. The smallest absolute Gasteiger partial charge is 0.232 e. The number of anilines is 4. The number of sulfone groups is 1. The van der Waals surface area contributed by atoms with Gasteiger partial charge in [-0.25, -0.2) is 17.2 Å². The van der Waals surface area contributed by atoms with Crippen LogP contribution in [0.5, 0.6) is 0 Å². The molecule has 13 heteroatoms. The van der Waals surface area contributed by atoms with Crippen molar-refractivity contribution in [1.29, 1.82) is 0 Å². The number of fused-ring (bicyclic) bond motifs is 2. The third kappa shape index (κ3) is 5.08. The van der Waals surface area contributed by atoms with Gasteiger partial charge in [0.05, 0.1) is 16.8 Å². The Hall–Kier alpha value is -4.13. The molecular weight excluding hydrogens is 540 g/mol. The van der Waals surface area contributed by atoms with E-state index >= 15 is 0 Å². The molecule has 0 spiro atoms. The lowest BCUT2D eigenvalue weighted by molar-refractivity contribution is -0.123. The van der Waals surface area contributed by atoms with E-state index in [0.717, 1.165) is 17.9 Å². The minimum atomic E-state index is -3.59. The third-order valence-electron chi connectivity index (χ3n) is 6.95. The van der Waals surface area contributed by atoms with Gasteiger partial charge >= 0.3 is 0 Å². The van der Waals surface area contributed by atoms with Crippen molar-refractivity contribution in [2.75, 3.05) is 22.2 Å². The number of carbonyl (C=O) groups is 1. The molecule has 1 atom stereocenters. The van der Waals surface area contributed by atoms with E-state index in [4.69, 9.17) is 5.73 Å². The van der Waals surface area contributed by atoms with E-state index in [0.29, 0.717) is 36.0 Å². The van der Waals surface area contributed by atoms with E-state index in [1.54, 1.807) is 17.2 Å². The number of H-pyrrole nitrogens is 1. The van der Waals surface area contributed by atoms with Crippen molar-refractivity contribution in [3.8, 4) is 0 Å². The van der Waals surface area contributed by atoms with Crippen molar-refractivity contribution in [3.05, 3.63) is 59.3 Å². The van der Waals surface area contributed by atoms with Crippen LogP contribution in [0.4, 0.5) is 32.1 Å². The van der Waals surface area contributed by atoms with Crippen LogP contribution in [0, 0.1) is 17.6 Å². The first-order valence-corrected chi connectivity index (χ1v) is 14.5. The van der Waals surface area contributed by atoms with Gasteiger partial charge in [-0.05, 0) is 69.9 Å². The van der Waals surface area contributed by atoms with Crippen LogP contribution in [0.1, 0.15) is 38.3 Å². The summed E-state index contributed by atoms with van der Waals surface area (Å²) in [5.74, 6) is -1.46. The lowest BCUT2D eigenvalue weighted by Gasteiger charge is -2.36. The highest BCUT2D eigenvalue weighted by Crippen LogP contribution is 2.38. The van der Waals surface area contributed by atoms with Gasteiger partial charge in [-0.15, -0.1) is 0 Å². The van der Waals surface area contributed by atoms with Crippen molar-refractivity contribution in [1.82, 2.24) is 20.2 Å². The molecule has 0 aliphatic carbocycles. The van der Waals surface area contributed by atoms with Gasteiger partial charge in [0.15, 0.2) is 9.84 Å². The Morgan fingerprint density at radius 3 is 2.58 bits per heavy atom. The molecule has 1 unspecified atom stereocenters. The molecule has 3 heterocycles. The van der Waals surface area contributed by atoms with Crippen molar-refractivity contribution < 1.29 is 22.0 Å². The van der Waals surface area contributed by atoms with Crippen molar-refractivity contribution in [2.24, 2.45) is 5.92 Å². The number of nitrogens with zero attached hydrogens (tertiary/aromatic N) is 4. The number of nitrogen functional groups attached to an aromatic ring is 1. The van der Waals surface area contributed by atoms with Gasteiger partial charge in [0.25, 0.3) is 0 Å². The number of rotatable bonds is 5. The Kier molecular flexibility index (Phi) is 6.73. The van der Waals surface area contributed by atoms with Crippen LogP contribution in [0.2, 0.25) is 0 Å². The van der Waals surface area contributed by atoms with Crippen molar-refractivity contribution >= 4 is 49.9 Å². The number of benzene rings is 2. The van der Waals surface area contributed by atoms with Crippen LogP contribution in [-0.2, 0) is 27.5 Å². The summed E-state index contributed by atoms with van der Waals surface area (Å²) in [6.45, 7) is 5.62. The summed E-state index contributed by atoms with van der Waals surface area (Å²) in [7, 11) is -3.59. The zero-order chi connectivity index (χ0) is 29.0. The predicted octanol–water partition coefficient (Wildman–Crippen LogP) is 4.30.